The van der Waals surface area contributed by atoms with E-state index in [2.05, 4.69) is 5.32 Å². The molecule has 0 saturated heterocycles. The Labute approximate surface area is 197 Å². The summed E-state index contributed by atoms with van der Waals surface area (Å²) in [6.07, 6.45) is 1.31. The average molecular weight is 508 g/mol. The third-order valence-corrected chi connectivity index (χ3v) is 7.13. The number of amides is 1. The quantitative estimate of drug-likeness (QED) is 0.425. The van der Waals surface area contributed by atoms with E-state index in [-0.39, 0.29) is 35.1 Å². The standard InChI is InChI=1S/C22H22ClN3O5S2/c1-32(24,28)19-7-4-6-18(13-19)31-14-16-9-10-17(12-21(16)33(25,29)30)26-22(27)11-15-5-2-3-8-20(15)23/h2-10,12-13,24H,11,14H2,1H3,(H,26,27)(H2,25,29,30). The molecule has 0 radical (unpaired) electrons. The normalized spacial score (nSPS) is 13.2. The highest BCUT2D eigenvalue weighted by Gasteiger charge is 2.17. The summed E-state index contributed by atoms with van der Waals surface area (Å²) in [5.41, 5.74) is 1.16. The van der Waals surface area contributed by atoms with Crippen LogP contribution in [0.3, 0.4) is 0 Å². The van der Waals surface area contributed by atoms with E-state index in [0.717, 1.165) is 0 Å². The number of nitrogens with two attached hydrogens (primary N) is 1. The molecule has 3 aromatic carbocycles. The van der Waals surface area contributed by atoms with Crippen LogP contribution in [0.4, 0.5) is 5.69 Å². The summed E-state index contributed by atoms with van der Waals surface area (Å²) < 4.78 is 49.6. The van der Waals surface area contributed by atoms with Gasteiger partial charge >= 0.3 is 0 Å². The van der Waals surface area contributed by atoms with Crippen molar-refractivity contribution in [1.29, 1.82) is 4.78 Å². The van der Waals surface area contributed by atoms with Crippen LogP contribution in [0.25, 0.3) is 0 Å². The van der Waals surface area contributed by atoms with Gasteiger partial charge in [-0.25, -0.2) is 22.5 Å². The fourth-order valence-electron chi connectivity index (χ4n) is 3.00. The van der Waals surface area contributed by atoms with E-state index < -0.39 is 19.8 Å². The largest absolute Gasteiger partial charge is 0.489 e. The molecule has 3 aromatic rings. The van der Waals surface area contributed by atoms with E-state index in [0.29, 0.717) is 21.2 Å². The van der Waals surface area contributed by atoms with Crippen molar-refractivity contribution in [3.63, 3.8) is 0 Å². The fraction of sp³-hybridized carbons (Fsp3) is 0.136. The highest BCUT2D eigenvalue weighted by molar-refractivity contribution is 7.91. The second kappa shape index (κ2) is 9.92. The van der Waals surface area contributed by atoms with Gasteiger partial charge in [0.25, 0.3) is 0 Å². The molecule has 0 aliphatic rings. The minimum Gasteiger partial charge on any atom is -0.489 e. The molecule has 0 bridgehead atoms. The first-order valence-corrected chi connectivity index (χ1v) is 13.5. The molecule has 0 spiro atoms. The van der Waals surface area contributed by atoms with Crippen LogP contribution in [0.1, 0.15) is 11.1 Å². The number of sulfonamides is 1. The van der Waals surface area contributed by atoms with Gasteiger partial charge in [-0.1, -0.05) is 41.9 Å². The molecule has 174 valence electrons. The van der Waals surface area contributed by atoms with E-state index in [1.807, 2.05) is 0 Å². The van der Waals surface area contributed by atoms with Crippen LogP contribution in [0.15, 0.2) is 76.5 Å². The van der Waals surface area contributed by atoms with Crippen molar-refractivity contribution in [2.75, 3.05) is 11.6 Å². The maximum absolute atomic E-state index is 12.4. The molecule has 0 aromatic heterocycles. The molecule has 1 amide bonds. The van der Waals surface area contributed by atoms with E-state index in [1.165, 1.54) is 30.5 Å². The summed E-state index contributed by atoms with van der Waals surface area (Å²) in [7, 11) is -7.05. The molecule has 33 heavy (non-hydrogen) atoms. The summed E-state index contributed by atoms with van der Waals surface area (Å²) in [6.45, 7) is -0.147. The van der Waals surface area contributed by atoms with Gasteiger partial charge in [0.1, 0.15) is 12.4 Å². The number of nitrogens with one attached hydrogen (secondary N) is 2. The number of carbonyl (C=O) groups excluding carboxylic acids is 1. The van der Waals surface area contributed by atoms with Crippen LogP contribution in [0.5, 0.6) is 5.75 Å². The number of ether oxygens (including phenoxy) is 1. The lowest BCUT2D eigenvalue weighted by atomic mass is 10.1. The first kappa shape index (κ1) is 24.7. The van der Waals surface area contributed by atoms with Crippen LogP contribution < -0.4 is 15.2 Å². The van der Waals surface area contributed by atoms with Gasteiger partial charge in [-0.05, 0) is 42.0 Å². The number of primary sulfonamides is 1. The highest BCUT2D eigenvalue weighted by atomic mass is 35.5. The summed E-state index contributed by atoms with van der Waals surface area (Å²) in [4.78, 5) is 12.5. The molecule has 0 saturated carbocycles. The second-order valence-electron chi connectivity index (χ2n) is 7.29. The van der Waals surface area contributed by atoms with E-state index in [9.17, 15) is 17.4 Å². The summed E-state index contributed by atoms with van der Waals surface area (Å²) in [5, 5.41) is 8.48. The molecular weight excluding hydrogens is 486 g/mol. The molecule has 11 heteroatoms. The van der Waals surface area contributed by atoms with E-state index >= 15 is 0 Å². The smallest absolute Gasteiger partial charge is 0.238 e. The van der Waals surface area contributed by atoms with Gasteiger partial charge in [0, 0.05) is 22.5 Å². The molecule has 4 N–H and O–H groups in total. The Balaban J connectivity index is 1.79. The molecule has 3 rings (SSSR count). The number of hydrogen-bond acceptors (Lipinski definition) is 6. The Hall–Kier alpha value is -2.92. The van der Waals surface area contributed by atoms with Crippen molar-refractivity contribution in [3.8, 4) is 5.75 Å². The minimum absolute atomic E-state index is 0.0161. The topological polar surface area (TPSA) is 139 Å². The van der Waals surface area contributed by atoms with Crippen LogP contribution in [-0.2, 0) is 37.6 Å². The third kappa shape index (κ3) is 6.78. The van der Waals surface area contributed by atoms with E-state index in [1.54, 1.807) is 42.5 Å². The monoisotopic (exact) mass is 507 g/mol. The molecule has 0 heterocycles. The fourth-order valence-corrected chi connectivity index (χ4v) is 4.67. The van der Waals surface area contributed by atoms with Gasteiger partial charge in [-0.3, -0.25) is 4.79 Å². The van der Waals surface area contributed by atoms with Crippen molar-refractivity contribution < 1.29 is 22.2 Å². The molecule has 1 atom stereocenters. The Kier molecular flexibility index (Phi) is 7.43. The Bertz CT molecular complexity index is 1410. The van der Waals surface area contributed by atoms with Crippen LogP contribution in [0, 0.1) is 4.78 Å². The lowest BCUT2D eigenvalue weighted by Gasteiger charge is -2.13. The van der Waals surface area contributed by atoms with Crippen molar-refractivity contribution >= 4 is 42.9 Å². The average Bonchev–Trinajstić information content (AvgIpc) is 2.73. The van der Waals surface area contributed by atoms with Gasteiger partial charge in [0.05, 0.1) is 25.9 Å². The lowest BCUT2D eigenvalue weighted by Crippen LogP contribution is -2.18. The van der Waals surface area contributed by atoms with Gasteiger partial charge in [0.15, 0.2) is 0 Å². The van der Waals surface area contributed by atoms with Crippen LogP contribution in [-0.4, -0.2) is 24.8 Å². The minimum atomic E-state index is -4.12. The SMILES string of the molecule is CS(=N)(=O)c1cccc(OCc2ccc(NC(=O)Cc3ccccc3Cl)cc2S(N)(=O)=O)c1. The van der Waals surface area contributed by atoms with Gasteiger partial charge in [0.2, 0.25) is 15.9 Å². The Morgan fingerprint density at radius 1 is 1.03 bits per heavy atom. The zero-order chi connectivity index (χ0) is 24.2. The molecule has 1 unspecified atom stereocenters. The van der Waals surface area contributed by atoms with Gasteiger partial charge in [-0.2, -0.15) is 0 Å². The van der Waals surface area contributed by atoms with Gasteiger partial charge < -0.3 is 10.1 Å². The zero-order valence-corrected chi connectivity index (χ0v) is 20.0. The predicted molar refractivity (Wildman–Crippen MR) is 127 cm³/mol. The van der Waals surface area contributed by atoms with Crippen LogP contribution in [0.2, 0.25) is 5.02 Å². The summed E-state index contributed by atoms with van der Waals surface area (Å²) in [6, 6.07) is 17.4. The van der Waals surface area contributed by atoms with Crippen molar-refractivity contribution in [3.05, 3.63) is 82.9 Å². The third-order valence-electron chi connectivity index (χ3n) is 4.62. The maximum atomic E-state index is 12.4. The number of hydrogen-bond donors (Lipinski definition) is 3. The van der Waals surface area contributed by atoms with E-state index in [4.69, 9.17) is 26.3 Å². The first-order chi connectivity index (χ1) is 15.4. The Morgan fingerprint density at radius 2 is 1.76 bits per heavy atom. The highest BCUT2D eigenvalue weighted by Crippen LogP contribution is 2.24. The number of halogens is 1. The van der Waals surface area contributed by atoms with Crippen molar-refractivity contribution in [2.45, 2.75) is 22.8 Å². The molecule has 0 aliphatic carbocycles. The van der Waals surface area contributed by atoms with Crippen LogP contribution >= 0.6 is 11.6 Å². The van der Waals surface area contributed by atoms with Crippen molar-refractivity contribution in [1.82, 2.24) is 0 Å². The Morgan fingerprint density at radius 3 is 2.42 bits per heavy atom. The predicted octanol–water partition coefficient (Wildman–Crippen LogP) is 3.78. The number of benzene rings is 3. The summed E-state index contributed by atoms with van der Waals surface area (Å²) in [5.74, 6) is -0.0466. The molecular formula is C22H22ClN3O5S2. The maximum Gasteiger partial charge on any atom is 0.238 e. The number of anilines is 1. The number of carbonyl (C=O) groups is 1. The van der Waals surface area contributed by atoms with Crippen molar-refractivity contribution in [2.24, 2.45) is 5.14 Å². The number of rotatable bonds is 8. The lowest BCUT2D eigenvalue weighted by molar-refractivity contribution is -0.115. The molecule has 0 fully saturated rings. The molecule has 8 nitrogen and oxygen atoms in total. The second-order valence-corrected chi connectivity index (χ2v) is 11.4. The summed E-state index contributed by atoms with van der Waals surface area (Å²) >= 11 is 6.08. The molecule has 0 aliphatic heterocycles. The first-order valence-electron chi connectivity index (χ1n) is 9.59. The van der Waals surface area contributed by atoms with Gasteiger partial charge in [-0.15, -0.1) is 0 Å². The zero-order valence-electron chi connectivity index (χ0n) is 17.6.